The van der Waals surface area contributed by atoms with Gasteiger partial charge in [0.25, 0.3) is 11.5 Å². The van der Waals surface area contributed by atoms with E-state index in [0.717, 1.165) is 13.1 Å². The van der Waals surface area contributed by atoms with E-state index in [1.807, 2.05) is 7.05 Å². The van der Waals surface area contributed by atoms with Crippen LogP contribution in [0.15, 0.2) is 53.5 Å². The predicted octanol–water partition coefficient (Wildman–Crippen LogP) is 1.70. The van der Waals surface area contributed by atoms with Crippen molar-refractivity contribution in [2.75, 3.05) is 33.2 Å². The van der Waals surface area contributed by atoms with E-state index in [4.69, 9.17) is 11.6 Å². The minimum Gasteiger partial charge on any atom is -0.338 e. The summed E-state index contributed by atoms with van der Waals surface area (Å²) in [6, 6.07) is 9.76. The third-order valence-corrected chi connectivity index (χ3v) is 4.77. The number of Topliss-reactive ketones (excluding diaryl/α,β-unsaturated/α-hetero) is 1. The van der Waals surface area contributed by atoms with Gasteiger partial charge in [0, 0.05) is 49.0 Å². The van der Waals surface area contributed by atoms with Gasteiger partial charge in [0.05, 0.1) is 0 Å². The molecular weight excluding hydrogens is 354 g/mol. The van der Waals surface area contributed by atoms with E-state index >= 15 is 0 Å². The number of rotatable bonds is 4. The zero-order chi connectivity index (χ0) is 18.7. The fourth-order valence-electron chi connectivity index (χ4n) is 3.01. The van der Waals surface area contributed by atoms with E-state index in [0.29, 0.717) is 23.7 Å². The number of benzene rings is 1. The Morgan fingerprint density at radius 2 is 1.77 bits per heavy atom. The van der Waals surface area contributed by atoms with Crippen molar-refractivity contribution in [1.29, 1.82) is 0 Å². The fourth-order valence-corrected chi connectivity index (χ4v) is 3.20. The summed E-state index contributed by atoms with van der Waals surface area (Å²) in [7, 11) is 1.98. The second-order valence-corrected chi connectivity index (χ2v) is 6.79. The molecule has 1 atom stereocenters. The largest absolute Gasteiger partial charge is 0.338 e. The van der Waals surface area contributed by atoms with Gasteiger partial charge in [0.15, 0.2) is 11.8 Å². The van der Waals surface area contributed by atoms with Gasteiger partial charge in [-0.3, -0.25) is 19.0 Å². The highest BCUT2D eigenvalue weighted by atomic mass is 35.5. The number of ketones is 1. The number of amides is 1. The highest BCUT2D eigenvalue weighted by Crippen LogP contribution is 2.20. The summed E-state index contributed by atoms with van der Waals surface area (Å²) < 4.78 is 1.20. The van der Waals surface area contributed by atoms with Crippen LogP contribution in [-0.4, -0.2) is 59.3 Å². The van der Waals surface area contributed by atoms with Crippen molar-refractivity contribution in [3.05, 3.63) is 69.6 Å². The summed E-state index contributed by atoms with van der Waals surface area (Å²) in [6.07, 6.45) is 1.48. The van der Waals surface area contributed by atoms with Crippen molar-refractivity contribution in [1.82, 2.24) is 14.4 Å². The molecule has 1 aliphatic heterocycles. The Balaban J connectivity index is 1.99. The molecule has 26 heavy (non-hydrogen) atoms. The Hall–Kier alpha value is -2.44. The molecule has 0 spiro atoms. The van der Waals surface area contributed by atoms with Gasteiger partial charge in [-0.1, -0.05) is 29.8 Å². The molecule has 3 rings (SSSR count). The highest BCUT2D eigenvalue weighted by molar-refractivity contribution is 6.31. The normalized spacial score (nSPS) is 16.3. The van der Waals surface area contributed by atoms with Gasteiger partial charge < -0.3 is 9.80 Å². The summed E-state index contributed by atoms with van der Waals surface area (Å²) in [5.74, 6) is -0.805. The molecule has 2 aromatic rings. The minimum atomic E-state index is -1.23. The molecule has 1 fully saturated rings. The predicted molar refractivity (Wildman–Crippen MR) is 99.6 cm³/mol. The third kappa shape index (κ3) is 3.86. The van der Waals surface area contributed by atoms with Gasteiger partial charge >= 0.3 is 0 Å². The molecule has 1 aliphatic rings. The lowest BCUT2D eigenvalue weighted by molar-refractivity contribution is -0.135. The van der Waals surface area contributed by atoms with E-state index in [1.54, 1.807) is 35.2 Å². The molecule has 136 valence electrons. The van der Waals surface area contributed by atoms with Gasteiger partial charge in [-0.25, -0.2) is 0 Å². The number of pyridine rings is 1. The number of nitrogens with zero attached hydrogens (tertiary/aromatic N) is 3. The van der Waals surface area contributed by atoms with Crippen LogP contribution in [0.4, 0.5) is 0 Å². The molecule has 1 amide bonds. The van der Waals surface area contributed by atoms with Gasteiger partial charge in [0.2, 0.25) is 0 Å². The Bertz CT molecular complexity index is 872. The molecule has 1 aromatic heterocycles. The van der Waals surface area contributed by atoms with Crippen LogP contribution in [0.5, 0.6) is 0 Å². The van der Waals surface area contributed by atoms with Crippen LogP contribution < -0.4 is 5.56 Å². The van der Waals surface area contributed by atoms with Gasteiger partial charge in [-0.15, -0.1) is 0 Å². The van der Waals surface area contributed by atoms with Crippen molar-refractivity contribution in [3.63, 3.8) is 0 Å². The molecule has 1 aromatic carbocycles. The molecular formula is C19H20ClN3O3. The molecule has 2 heterocycles. The van der Waals surface area contributed by atoms with E-state index in [2.05, 4.69) is 4.90 Å². The molecule has 1 saturated heterocycles. The van der Waals surface area contributed by atoms with Crippen LogP contribution in [-0.2, 0) is 4.79 Å². The van der Waals surface area contributed by atoms with Crippen molar-refractivity contribution in [2.45, 2.75) is 6.04 Å². The van der Waals surface area contributed by atoms with Crippen LogP contribution in [0.2, 0.25) is 5.02 Å². The summed E-state index contributed by atoms with van der Waals surface area (Å²) in [4.78, 5) is 42.3. The average Bonchev–Trinajstić information content (AvgIpc) is 2.64. The van der Waals surface area contributed by atoms with E-state index in [-0.39, 0.29) is 5.91 Å². The number of aromatic nitrogens is 1. The van der Waals surface area contributed by atoms with Crippen LogP contribution >= 0.6 is 11.6 Å². The maximum absolute atomic E-state index is 13.2. The smallest absolute Gasteiger partial charge is 0.253 e. The van der Waals surface area contributed by atoms with Crippen molar-refractivity contribution < 1.29 is 9.59 Å². The number of hydrogen-bond donors (Lipinski definition) is 0. The summed E-state index contributed by atoms with van der Waals surface area (Å²) in [5.41, 5.74) is -0.0870. The van der Waals surface area contributed by atoms with E-state index in [9.17, 15) is 14.4 Å². The molecule has 0 aliphatic carbocycles. The maximum Gasteiger partial charge on any atom is 0.253 e. The maximum atomic E-state index is 13.2. The Morgan fingerprint density at radius 3 is 2.42 bits per heavy atom. The first-order chi connectivity index (χ1) is 12.5. The lowest BCUT2D eigenvalue weighted by Crippen LogP contribution is -2.51. The van der Waals surface area contributed by atoms with Crippen molar-refractivity contribution in [3.8, 4) is 0 Å². The monoisotopic (exact) mass is 373 g/mol. The Kier molecular flexibility index (Phi) is 5.54. The second kappa shape index (κ2) is 7.85. The van der Waals surface area contributed by atoms with Crippen LogP contribution in [0.3, 0.4) is 0 Å². The van der Waals surface area contributed by atoms with Crippen molar-refractivity contribution in [2.24, 2.45) is 0 Å². The lowest BCUT2D eigenvalue weighted by atomic mass is 10.0. The summed E-state index contributed by atoms with van der Waals surface area (Å²) >= 11 is 5.99. The summed E-state index contributed by atoms with van der Waals surface area (Å²) in [6.45, 7) is 2.51. The molecule has 0 bridgehead atoms. The van der Waals surface area contributed by atoms with E-state index < -0.39 is 17.4 Å². The lowest BCUT2D eigenvalue weighted by Gasteiger charge is -2.34. The van der Waals surface area contributed by atoms with Gasteiger partial charge in [-0.2, -0.15) is 0 Å². The number of halogens is 1. The second-order valence-electron chi connectivity index (χ2n) is 6.35. The molecule has 0 N–H and O–H groups in total. The van der Waals surface area contributed by atoms with Crippen molar-refractivity contribution >= 4 is 23.3 Å². The first-order valence-corrected chi connectivity index (χ1v) is 8.79. The number of carbonyl (C=O) groups excluding carboxylic acids is 2. The molecule has 7 heteroatoms. The number of likely N-dealkylation sites (N-methyl/N-ethyl adjacent to an activating group) is 1. The van der Waals surface area contributed by atoms with Crippen LogP contribution in [0.25, 0.3) is 0 Å². The summed E-state index contributed by atoms with van der Waals surface area (Å²) in [5, 5.41) is 0.405. The standard InChI is InChI=1S/C19H20ClN3O3/c1-21-9-11-22(12-10-21)19(26)17(23-8-3-2-7-16(23)24)18(25)14-5-4-6-15(20)13-14/h2-8,13,17H,9-12H2,1H3. The quantitative estimate of drug-likeness (QED) is 0.604. The SMILES string of the molecule is CN1CCN(C(=O)C(C(=O)c2cccc(Cl)c2)n2ccccc2=O)CC1. The van der Waals surface area contributed by atoms with Crippen LogP contribution in [0.1, 0.15) is 16.4 Å². The molecule has 1 unspecified atom stereocenters. The number of carbonyl (C=O) groups is 2. The van der Waals surface area contributed by atoms with Gasteiger partial charge in [0.1, 0.15) is 0 Å². The highest BCUT2D eigenvalue weighted by Gasteiger charge is 2.34. The minimum absolute atomic E-state index is 0.306. The molecule has 6 nitrogen and oxygen atoms in total. The zero-order valence-corrected chi connectivity index (χ0v) is 15.2. The van der Waals surface area contributed by atoms with E-state index in [1.165, 1.54) is 22.9 Å². The average molecular weight is 374 g/mol. The molecule has 0 saturated carbocycles. The first kappa shape index (κ1) is 18.4. The molecule has 0 radical (unpaired) electrons. The number of piperazine rings is 1. The third-order valence-electron chi connectivity index (χ3n) is 4.54. The first-order valence-electron chi connectivity index (χ1n) is 8.41. The Morgan fingerprint density at radius 1 is 1.04 bits per heavy atom. The number of hydrogen-bond acceptors (Lipinski definition) is 4. The van der Waals surface area contributed by atoms with Crippen LogP contribution in [0, 0.1) is 0 Å². The Labute approximate surface area is 156 Å². The fraction of sp³-hybridized carbons (Fsp3) is 0.316. The topological polar surface area (TPSA) is 62.6 Å². The van der Waals surface area contributed by atoms with Gasteiger partial charge in [-0.05, 0) is 25.2 Å². The zero-order valence-electron chi connectivity index (χ0n) is 14.5.